The molecule has 0 aromatic heterocycles. The largest absolute Gasteiger partial charge is 1.00 e. The van der Waals surface area contributed by atoms with E-state index < -0.39 is 0 Å². The Morgan fingerprint density at radius 3 is 1.67 bits per heavy atom. The second kappa shape index (κ2) is 2.72. The van der Waals surface area contributed by atoms with Crippen LogP contribution in [0, 0.1) is 0 Å². The first-order valence-corrected chi connectivity index (χ1v) is 3.01. The Hall–Kier alpha value is 0.650. The van der Waals surface area contributed by atoms with Gasteiger partial charge in [-0.05, 0) is 0 Å². The molecule has 0 saturated heterocycles. The van der Waals surface area contributed by atoms with Gasteiger partial charge < -0.3 is 33.6 Å². The number of nitrogens with zero attached hydrogens (tertiary/aromatic N) is 1. The average Bonchev–Trinajstić information content (AvgIpc) is 2.13. The van der Waals surface area contributed by atoms with E-state index >= 15 is 0 Å². The summed E-state index contributed by atoms with van der Waals surface area (Å²) >= 11 is 0. The van der Waals surface area contributed by atoms with E-state index in [1.807, 2.05) is 0 Å². The highest BCUT2D eigenvalue weighted by molar-refractivity contribution is 4.86. The van der Waals surface area contributed by atoms with Gasteiger partial charge in [0.15, 0.2) is 0 Å². The van der Waals surface area contributed by atoms with Crippen molar-refractivity contribution in [3.8, 4) is 0 Å². The summed E-state index contributed by atoms with van der Waals surface area (Å²) in [6.07, 6.45) is 0.971. The zero-order valence-electron chi connectivity index (χ0n) is 6.13. The minimum Gasteiger partial charge on any atom is -1.00 e. The summed E-state index contributed by atoms with van der Waals surface area (Å²) in [6.45, 7) is 0. The number of hydrogen-bond acceptors (Lipinski definition) is 1. The minimum absolute atomic E-state index is 0. The van der Waals surface area contributed by atoms with Crippen LogP contribution in [0.5, 0.6) is 0 Å². The van der Waals surface area contributed by atoms with Crippen molar-refractivity contribution in [3.63, 3.8) is 0 Å². The van der Waals surface area contributed by atoms with Crippen molar-refractivity contribution in [3.05, 3.63) is 0 Å². The molecule has 0 aromatic rings. The van der Waals surface area contributed by atoms with Crippen molar-refractivity contribution < 1.29 is 33.6 Å². The van der Waals surface area contributed by atoms with E-state index in [1.165, 1.54) is 0 Å². The van der Waals surface area contributed by atoms with Gasteiger partial charge in [0, 0.05) is 6.42 Å². The zero-order valence-corrected chi connectivity index (χ0v) is 8.29. The summed E-state index contributed by atoms with van der Waals surface area (Å²) < 4.78 is 0.904. The molecule has 2 atom stereocenters. The van der Waals surface area contributed by atoms with E-state index in [4.69, 9.17) is 5.11 Å². The lowest BCUT2D eigenvalue weighted by molar-refractivity contribution is -0.883. The lowest BCUT2D eigenvalue weighted by Gasteiger charge is -2.23. The number of aliphatic hydroxyl groups is 1. The molecule has 56 valence electrons. The van der Waals surface area contributed by atoms with Crippen molar-refractivity contribution in [1.82, 2.24) is 0 Å². The molecular weight excluding hydrogens is 229 g/mol. The van der Waals surface area contributed by atoms with Crippen LogP contribution >= 0.6 is 0 Å². The van der Waals surface area contributed by atoms with E-state index in [1.54, 1.807) is 0 Å². The molecule has 0 heterocycles. The standard InChI is InChI=1S/C6H14NO.HI/c1-7(2,3)5-4-6(5)8;/h5-6,8H,4H2,1-3H3;1H/q+1;/p-1/t5-,6+;/m0./s1. The highest BCUT2D eigenvalue weighted by Crippen LogP contribution is 2.29. The van der Waals surface area contributed by atoms with Crippen molar-refractivity contribution in [2.75, 3.05) is 21.1 Å². The summed E-state index contributed by atoms with van der Waals surface area (Å²) in [5.41, 5.74) is 0. The van der Waals surface area contributed by atoms with Crippen LogP contribution in [0.1, 0.15) is 6.42 Å². The molecule has 0 amide bonds. The topological polar surface area (TPSA) is 20.2 Å². The molecule has 0 radical (unpaired) electrons. The molecule has 1 aliphatic rings. The second-order valence-corrected chi connectivity index (χ2v) is 3.49. The quantitative estimate of drug-likeness (QED) is 0.380. The maximum absolute atomic E-state index is 8.95. The Kier molecular flexibility index (Phi) is 2.91. The van der Waals surface area contributed by atoms with Crippen LogP contribution < -0.4 is 24.0 Å². The van der Waals surface area contributed by atoms with Gasteiger partial charge in [-0.3, -0.25) is 0 Å². The zero-order chi connectivity index (χ0) is 6.36. The predicted molar refractivity (Wildman–Crippen MR) is 32.4 cm³/mol. The van der Waals surface area contributed by atoms with Gasteiger partial charge in [0.25, 0.3) is 0 Å². The highest BCUT2D eigenvalue weighted by atomic mass is 127. The Labute approximate surface area is 73.5 Å². The van der Waals surface area contributed by atoms with Crippen molar-refractivity contribution in [2.24, 2.45) is 0 Å². The highest BCUT2D eigenvalue weighted by Gasteiger charge is 2.46. The monoisotopic (exact) mass is 243 g/mol. The first-order valence-electron chi connectivity index (χ1n) is 3.01. The van der Waals surface area contributed by atoms with E-state index in [-0.39, 0.29) is 30.1 Å². The lowest BCUT2D eigenvalue weighted by Crippen LogP contribution is -3.00. The Balaban J connectivity index is 0.000000640. The maximum Gasteiger partial charge on any atom is 0.118 e. The summed E-state index contributed by atoms with van der Waals surface area (Å²) in [7, 11) is 6.34. The van der Waals surface area contributed by atoms with Crippen LogP contribution in [0.4, 0.5) is 0 Å². The van der Waals surface area contributed by atoms with E-state index in [0.717, 1.165) is 10.9 Å². The Morgan fingerprint density at radius 2 is 1.67 bits per heavy atom. The Morgan fingerprint density at radius 1 is 1.33 bits per heavy atom. The molecule has 0 aliphatic heterocycles. The summed E-state index contributed by atoms with van der Waals surface area (Å²) in [4.78, 5) is 0. The van der Waals surface area contributed by atoms with E-state index in [0.29, 0.717) is 6.04 Å². The van der Waals surface area contributed by atoms with Crippen LogP contribution in [0.15, 0.2) is 0 Å². The third-order valence-corrected chi connectivity index (χ3v) is 1.72. The number of quaternary nitrogens is 1. The average molecular weight is 243 g/mol. The minimum atomic E-state index is -0.0185. The van der Waals surface area contributed by atoms with Crippen molar-refractivity contribution >= 4 is 0 Å². The van der Waals surface area contributed by atoms with Gasteiger partial charge in [-0.15, -0.1) is 0 Å². The van der Waals surface area contributed by atoms with Gasteiger partial charge in [-0.2, -0.15) is 0 Å². The molecular formula is C6H14INO. The molecule has 1 rings (SSSR count). The molecule has 0 unspecified atom stereocenters. The number of halogens is 1. The van der Waals surface area contributed by atoms with Gasteiger partial charge in [0.05, 0.1) is 21.1 Å². The molecule has 1 N–H and O–H groups in total. The molecule has 2 nitrogen and oxygen atoms in total. The number of hydrogen-bond donors (Lipinski definition) is 1. The van der Waals surface area contributed by atoms with Crippen LogP contribution in [0.2, 0.25) is 0 Å². The van der Waals surface area contributed by atoms with Gasteiger partial charge in [0.2, 0.25) is 0 Å². The summed E-state index contributed by atoms with van der Waals surface area (Å²) in [6, 6.07) is 0.509. The number of likely N-dealkylation sites (N-methyl/N-ethyl adjacent to an activating group) is 1. The smallest absolute Gasteiger partial charge is 0.118 e. The van der Waals surface area contributed by atoms with Crippen molar-refractivity contribution in [2.45, 2.75) is 18.6 Å². The summed E-state index contributed by atoms with van der Waals surface area (Å²) in [5.74, 6) is 0. The molecule has 1 aliphatic carbocycles. The first-order chi connectivity index (χ1) is 3.52. The number of rotatable bonds is 1. The third-order valence-electron chi connectivity index (χ3n) is 1.72. The third kappa shape index (κ3) is 2.39. The van der Waals surface area contributed by atoms with Crippen LogP contribution in [0.3, 0.4) is 0 Å². The number of aliphatic hydroxyl groups excluding tert-OH is 1. The molecule has 0 bridgehead atoms. The molecule has 0 spiro atoms. The predicted octanol–water partition coefficient (Wildman–Crippen LogP) is -3.17. The van der Waals surface area contributed by atoms with Crippen molar-refractivity contribution in [1.29, 1.82) is 0 Å². The van der Waals surface area contributed by atoms with E-state index in [9.17, 15) is 0 Å². The SMILES string of the molecule is C[N+](C)(C)[C@H]1C[C@H]1O.[I-]. The maximum atomic E-state index is 8.95. The van der Waals surface area contributed by atoms with Crippen LogP contribution in [-0.2, 0) is 0 Å². The van der Waals surface area contributed by atoms with Crippen LogP contribution in [-0.4, -0.2) is 42.9 Å². The van der Waals surface area contributed by atoms with E-state index in [2.05, 4.69) is 21.1 Å². The second-order valence-electron chi connectivity index (χ2n) is 3.49. The first kappa shape index (κ1) is 9.65. The molecule has 9 heavy (non-hydrogen) atoms. The molecule has 3 heteroatoms. The lowest BCUT2D eigenvalue weighted by atomic mass is 10.5. The van der Waals surface area contributed by atoms with Crippen LogP contribution in [0.25, 0.3) is 0 Å². The normalized spacial score (nSPS) is 33.3. The fourth-order valence-corrected chi connectivity index (χ4v) is 1.00. The fraction of sp³-hybridized carbons (Fsp3) is 1.00. The molecule has 0 aromatic carbocycles. The van der Waals surface area contributed by atoms with Gasteiger partial charge in [-0.25, -0.2) is 0 Å². The fourth-order valence-electron chi connectivity index (χ4n) is 1.00. The molecule has 1 fully saturated rings. The van der Waals surface area contributed by atoms with Gasteiger partial charge in [-0.1, -0.05) is 0 Å². The summed E-state index contributed by atoms with van der Waals surface area (Å²) in [5, 5.41) is 8.95. The van der Waals surface area contributed by atoms with Gasteiger partial charge >= 0.3 is 0 Å². The Bertz CT molecular complexity index is 99.7. The molecule has 1 saturated carbocycles. The van der Waals surface area contributed by atoms with Gasteiger partial charge in [0.1, 0.15) is 12.1 Å².